The quantitative estimate of drug-likeness (QED) is 0.880. The summed E-state index contributed by atoms with van der Waals surface area (Å²) in [7, 11) is 1.67. The number of fused-ring (bicyclic) bond motifs is 5. The fourth-order valence-corrected chi connectivity index (χ4v) is 5.39. The van der Waals surface area contributed by atoms with Gasteiger partial charge in [-0.3, -0.25) is 0 Å². The van der Waals surface area contributed by atoms with Gasteiger partial charge in [-0.25, -0.2) is 0 Å². The van der Waals surface area contributed by atoms with Crippen LogP contribution in [0.3, 0.4) is 0 Å². The standard InChI is InChI=1S/C17H22ClNO/c1-20-17-9-11(5-6-15(17)18)19-16-8-10-7-14(16)13-4-2-3-12(10)13/h5-6,9-10,12-14,16,19H,2-4,7-8H2,1H3. The van der Waals surface area contributed by atoms with E-state index in [-0.39, 0.29) is 0 Å². The van der Waals surface area contributed by atoms with Gasteiger partial charge in [0.25, 0.3) is 0 Å². The van der Waals surface area contributed by atoms with E-state index in [0.717, 1.165) is 35.1 Å². The zero-order chi connectivity index (χ0) is 13.7. The number of anilines is 1. The maximum absolute atomic E-state index is 6.10. The molecule has 5 unspecified atom stereocenters. The molecular weight excluding hydrogens is 270 g/mol. The van der Waals surface area contributed by atoms with Gasteiger partial charge in [0.15, 0.2) is 0 Å². The van der Waals surface area contributed by atoms with Gasteiger partial charge < -0.3 is 10.1 Å². The molecule has 1 aromatic carbocycles. The number of hydrogen-bond acceptors (Lipinski definition) is 2. The van der Waals surface area contributed by atoms with Crippen LogP contribution in [0, 0.1) is 23.7 Å². The average molecular weight is 292 g/mol. The lowest BCUT2D eigenvalue weighted by molar-refractivity contribution is 0.243. The van der Waals surface area contributed by atoms with Gasteiger partial charge in [-0.1, -0.05) is 18.0 Å². The number of ether oxygens (including phenoxy) is 1. The van der Waals surface area contributed by atoms with Crippen LogP contribution in [0.1, 0.15) is 32.1 Å². The van der Waals surface area contributed by atoms with Crippen molar-refractivity contribution in [2.24, 2.45) is 23.7 Å². The summed E-state index contributed by atoms with van der Waals surface area (Å²) < 4.78 is 5.31. The normalized spacial score (nSPS) is 38.0. The molecule has 2 bridgehead atoms. The minimum Gasteiger partial charge on any atom is -0.495 e. The van der Waals surface area contributed by atoms with Gasteiger partial charge in [0.2, 0.25) is 0 Å². The minimum absolute atomic E-state index is 0.658. The minimum atomic E-state index is 0.658. The molecule has 1 N–H and O–H groups in total. The predicted octanol–water partition coefficient (Wildman–Crippen LogP) is 4.59. The number of rotatable bonds is 3. The number of halogens is 1. The van der Waals surface area contributed by atoms with Gasteiger partial charge in [0.1, 0.15) is 5.75 Å². The summed E-state index contributed by atoms with van der Waals surface area (Å²) >= 11 is 6.10. The molecule has 3 saturated carbocycles. The SMILES string of the molecule is COc1cc(NC2CC3CC2C2CCCC32)ccc1Cl. The van der Waals surface area contributed by atoms with Crippen LogP contribution in [0.4, 0.5) is 5.69 Å². The molecule has 0 saturated heterocycles. The van der Waals surface area contributed by atoms with E-state index in [1.807, 2.05) is 12.1 Å². The Hall–Kier alpha value is -0.890. The first-order chi connectivity index (χ1) is 9.76. The maximum atomic E-state index is 6.10. The number of hydrogen-bond donors (Lipinski definition) is 1. The van der Waals surface area contributed by atoms with E-state index in [4.69, 9.17) is 16.3 Å². The molecule has 0 spiro atoms. The van der Waals surface area contributed by atoms with E-state index in [2.05, 4.69) is 11.4 Å². The Labute approximate surface area is 125 Å². The van der Waals surface area contributed by atoms with Crippen LogP contribution in [0.5, 0.6) is 5.75 Å². The summed E-state index contributed by atoms with van der Waals surface area (Å²) in [6.07, 6.45) is 7.24. The van der Waals surface area contributed by atoms with Crippen molar-refractivity contribution in [3.63, 3.8) is 0 Å². The van der Waals surface area contributed by atoms with Gasteiger partial charge >= 0.3 is 0 Å². The number of benzene rings is 1. The maximum Gasteiger partial charge on any atom is 0.139 e. The first-order valence-electron chi connectivity index (χ1n) is 7.86. The molecule has 0 aliphatic heterocycles. The van der Waals surface area contributed by atoms with E-state index in [1.165, 1.54) is 32.1 Å². The van der Waals surface area contributed by atoms with Gasteiger partial charge in [0, 0.05) is 17.8 Å². The Kier molecular flexibility index (Phi) is 3.10. The van der Waals surface area contributed by atoms with E-state index in [1.54, 1.807) is 7.11 Å². The molecular formula is C17H22ClNO. The molecule has 0 heterocycles. The third-order valence-corrected chi connectivity index (χ3v) is 6.24. The molecule has 2 nitrogen and oxygen atoms in total. The van der Waals surface area contributed by atoms with Crippen LogP contribution in [-0.4, -0.2) is 13.2 Å². The van der Waals surface area contributed by atoms with Crippen molar-refractivity contribution in [3.8, 4) is 5.75 Å². The van der Waals surface area contributed by atoms with E-state index in [0.29, 0.717) is 11.1 Å². The van der Waals surface area contributed by atoms with E-state index in [9.17, 15) is 0 Å². The lowest BCUT2D eigenvalue weighted by Crippen LogP contribution is -2.33. The summed E-state index contributed by atoms with van der Waals surface area (Å²) in [5, 5.41) is 4.43. The zero-order valence-electron chi connectivity index (χ0n) is 11.9. The number of methoxy groups -OCH3 is 1. The zero-order valence-corrected chi connectivity index (χ0v) is 12.7. The monoisotopic (exact) mass is 291 g/mol. The summed E-state index contributed by atoms with van der Waals surface area (Å²) in [5.74, 6) is 4.70. The lowest BCUT2D eigenvalue weighted by Gasteiger charge is -2.32. The third-order valence-electron chi connectivity index (χ3n) is 5.93. The Balaban J connectivity index is 1.50. The Bertz CT molecular complexity index is 518. The van der Waals surface area contributed by atoms with Crippen molar-refractivity contribution in [2.45, 2.75) is 38.1 Å². The van der Waals surface area contributed by atoms with Crippen LogP contribution in [0.25, 0.3) is 0 Å². The van der Waals surface area contributed by atoms with Gasteiger partial charge in [-0.15, -0.1) is 0 Å². The summed E-state index contributed by atoms with van der Waals surface area (Å²) in [5.41, 5.74) is 1.15. The second-order valence-corrected chi connectivity index (χ2v) is 7.16. The van der Waals surface area contributed by atoms with E-state index < -0.39 is 0 Å². The topological polar surface area (TPSA) is 21.3 Å². The Morgan fingerprint density at radius 3 is 2.85 bits per heavy atom. The van der Waals surface area contributed by atoms with Crippen molar-refractivity contribution in [3.05, 3.63) is 23.2 Å². The molecule has 0 amide bonds. The predicted molar refractivity (Wildman–Crippen MR) is 82.5 cm³/mol. The summed E-state index contributed by atoms with van der Waals surface area (Å²) in [6, 6.07) is 6.68. The molecule has 3 heteroatoms. The van der Waals surface area contributed by atoms with Crippen molar-refractivity contribution in [2.75, 3.05) is 12.4 Å². The second kappa shape index (κ2) is 4.84. The molecule has 3 aliphatic carbocycles. The molecule has 0 radical (unpaired) electrons. The molecule has 3 fully saturated rings. The average Bonchev–Trinajstić information content (AvgIpc) is 3.12. The first kappa shape index (κ1) is 12.8. The molecule has 5 atom stereocenters. The highest BCUT2D eigenvalue weighted by Gasteiger charge is 2.53. The second-order valence-electron chi connectivity index (χ2n) is 6.75. The number of nitrogens with one attached hydrogen (secondary N) is 1. The molecule has 3 aliphatic rings. The molecule has 1 aromatic rings. The molecule has 4 rings (SSSR count). The molecule has 20 heavy (non-hydrogen) atoms. The van der Waals surface area contributed by atoms with Crippen LogP contribution in [0.15, 0.2) is 18.2 Å². The van der Waals surface area contributed by atoms with E-state index >= 15 is 0 Å². The fraction of sp³-hybridized carbons (Fsp3) is 0.647. The highest BCUT2D eigenvalue weighted by atomic mass is 35.5. The Morgan fingerprint density at radius 2 is 2.00 bits per heavy atom. The highest BCUT2D eigenvalue weighted by molar-refractivity contribution is 6.32. The van der Waals surface area contributed by atoms with Crippen molar-refractivity contribution in [1.29, 1.82) is 0 Å². The van der Waals surface area contributed by atoms with Gasteiger partial charge in [-0.2, -0.15) is 0 Å². The summed E-state index contributed by atoms with van der Waals surface area (Å²) in [6.45, 7) is 0. The largest absolute Gasteiger partial charge is 0.495 e. The smallest absolute Gasteiger partial charge is 0.139 e. The molecule has 0 aromatic heterocycles. The van der Waals surface area contributed by atoms with Crippen LogP contribution < -0.4 is 10.1 Å². The summed E-state index contributed by atoms with van der Waals surface area (Å²) in [4.78, 5) is 0. The fourth-order valence-electron chi connectivity index (χ4n) is 5.20. The van der Waals surface area contributed by atoms with Crippen molar-refractivity contribution in [1.82, 2.24) is 0 Å². The van der Waals surface area contributed by atoms with Gasteiger partial charge in [0.05, 0.1) is 12.1 Å². The third kappa shape index (κ3) is 1.92. The molecule has 108 valence electrons. The van der Waals surface area contributed by atoms with Crippen LogP contribution >= 0.6 is 11.6 Å². The lowest BCUT2D eigenvalue weighted by atomic mass is 9.79. The van der Waals surface area contributed by atoms with Gasteiger partial charge in [-0.05, 0) is 61.5 Å². The Morgan fingerprint density at radius 1 is 1.15 bits per heavy atom. The highest BCUT2D eigenvalue weighted by Crippen LogP contribution is 2.59. The van der Waals surface area contributed by atoms with Crippen LogP contribution in [-0.2, 0) is 0 Å². The first-order valence-corrected chi connectivity index (χ1v) is 8.24. The van der Waals surface area contributed by atoms with Crippen molar-refractivity contribution >= 4 is 17.3 Å². The van der Waals surface area contributed by atoms with Crippen LogP contribution in [0.2, 0.25) is 5.02 Å². The van der Waals surface area contributed by atoms with Crippen molar-refractivity contribution < 1.29 is 4.74 Å².